The molecule has 6 nitrogen and oxygen atoms in total. The highest BCUT2D eigenvalue weighted by molar-refractivity contribution is 7.91. The number of likely N-dealkylation sites (N-methyl/N-ethyl adjacent to an activating group) is 1. The van der Waals surface area contributed by atoms with E-state index in [1.807, 2.05) is 13.0 Å². The number of hydrogen-bond donors (Lipinski definition) is 0. The van der Waals surface area contributed by atoms with Gasteiger partial charge in [-0.1, -0.05) is 6.07 Å². The first kappa shape index (κ1) is 18.7. The lowest BCUT2D eigenvalue weighted by atomic mass is 9.86. The Labute approximate surface area is 161 Å². The fourth-order valence-corrected chi connectivity index (χ4v) is 6.40. The highest BCUT2D eigenvalue weighted by atomic mass is 32.2. The summed E-state index contributed by atoms with van der Waals surface area (Å²) in [5.41, 5.74) is 2.78. The maximum absolute atomic E-state index is 13.1. The van der Waals surface area contributed by atoms with Crippen LogP contribution in [0.25, 0.3) is 0 Å². The molecule has 0 bridgehead atoms. The van der Waals surface area contributed by atoms with Crippen LogP contribution < -0.4 is 4.74 Å². The summed E-state index contributed by atoms with van der Waals surface area (Å²) < 4.78 is 28.9. The summed E-state index contributed by atoms with van der Waals surface area (Å²) in [6, 6.07) is 5.81. The zero-order valence-corrected chi connectivity index (χ0v) is 17.1. The number of benzene rings is 1. The first-order valence-corrected chi connectivity index (χ1v) is 11.5. The first-order valence-electron chi connectivity index (χ1n) is 9.63. The monoisotopic (exact) mass is 392 g/mol. The number of rotatable bonds is 4. The summed E-state index contributed by atoms with van der Waals surface area (Å²) >= 11 is 0. The Balaban J connectivity index is 1.51. The Kier molecular flexibility index (Phi) is 4.50. The Morgan fingerprint density at radius 3 is 2.70 bits per heavy atom. The van der Waals surface area contributed by atoms with Crippen molar-refractivity contribution < 1.29 is 17.9 Å². The first-order chi connectivity index (χ1) is 12.7. The van der Waals surface area contributed by atoms with Gasteiger partial charge in [-0.05, 0) is 49.4 Å². The number of methoxy groups -OCH3 is 1. The van der Waals surface area contributed by atoms with Gasteiger partial charge in [0.05, 0.1) is 24.7 Å². The molecule has 2 aliphatic heterocycles. The second kappa shape index (κ2) is 6.48. The van der Waals surface area contributed by atoms with Gasteiger partial charge >= 0.3 is 0 Å². The van der Waals surface area contributed by atoms with Crippen molar-refractivity contribution in [3.63, 3.8) is 0 Å². The number of carbonyl (C=O) groups is 1. The van der Waals surface area contributed by atoms with E-state index in [0.29, 0.717) is 6.42 Å². The number of hydrogen-bond acceptors (Lipinski definition) is 5. The third-order valence-electron chi connectivity index (χ3n) is 6.63. The van der Waals surface area contributed by atoms with Crippen LogP contribution >= 0.6 is 0 Å². The zero-order chi connectivity index (χ0) is 19.4. The van der Waals surface area contributed by atoms with Crippen LogP contribution in [0.2, 0.25) is 0 Å². The van der Waals surface area contributed by atoms with Gasteiger partial charge in [-0.2, -0.15) is 0 Å². The van der Waals surface area contributed by atoms with Gasteiger partial charge in [0.15, 0.2) is 9.84 Å². The van der Waals surface area contributed by atoms with Crippen LogP contribution in [0.1, 0.15) is 37.3 Å². The molecule has 148 valence electrons. The molecule has 1 spiro atoms. The van der Waals surface area contributed by atoms with Crippen LogP contribution in [0.3, 0.4) is 0 Å². The maximum atomic E-state index is 13.1. The molecule has 1 aromatic carbocycles. The van der Waals surface area contributed by atoms with E-state index in [9.17, 15) is 13.2 Å². The zero-order valence-electron chi connectivity index (χ0n) is 16.3. The minimum Gasteiger partial charge on any atom is -0.497 e. The smallest absolute Gasteiger partial charge is 0.239 e. The van der Waals surface area contributed by atoms with E-state index in [2.05, 4.69) is 17.0 Å². The molecule has 0 aromatic heterocycles. The third kappa shape index (κ3) is 3.36. The predicted molar refractivity (Wildman–Crippen MR) is 104 cm³/mol. The number of amides is 1. The summed E-state index contributed by atoms with van der Waals surface area (Å²) in [6.45, 7) is 3.56. The number of sulfone groups is 1. The largest absolute Gasteiger partial charge is 0.497 e. The molecule has 0 N–H and O–H groups in total. The maximum Gasteiger partial charge on any atom is 0.239 e. The molecule has 1 aromatic rings. The normalized spacial score (nSPS) is 26.4. The second-order valence-corrected chi connectivity index (χ2v) is 10.6. The van der Waals surface area contributed by atoms with E-state index < -0.39 is 9.84 Å². The molecule has 4 rings (SSSR count). The summed E-state index contributed by atoms with van der Waals surface area (Å²) in [6.07, 6.45) is 2.83. The van der Waals surface area contributed by atoms with Crippen LogP contribution in [-0.2, 0) is 26.6 Å². The van der Waals surface area contributed by atoms with Gasteiger partial charge in [-0.3, -0.25) is 9.69 Å². The van der Waals surface area contributed by atoms with E-state index in [-0.39, 0.29) is 34.9 Å². The molecular formula is C20H28N2O4S. The average molecular weight is 393 g/mol. The fourth-order valence-electron chi connectivity index (χ4n) is 4.63. The number of nitrogens with zero attached hydrogens (tertiary/aromatic N) is 2. The average Bonchev–Trinajstić information content (AvgIpc) is 3.33. The summed E-state index contributed by atoms with van der Waals surface area (Å²) in [5, 5.41) is 0. The lowest BCUT2D eigenvalue weighted by Gasteiger charge is -2.40. The van der Waals surface area contributed by atoms with Gasteiger partial charge in [0.2, 0.25) is 5.91 Å². The lowest BCUT2D eigenvalue weighted by Crippen LogP contribution is -2.52. The molecule has 27 heavy (non-hydrogen) atoms. The molecular weight excluding hydrogens is 364 g/mol. The minimum absolute atomic E-state index is 0.0184. The van der Waals surface area contributed by atoms with Crippen LogP contribution in [-0.4, -0.2) is 68.4 Å². The molecule has 2 heterocycles. The second-order valence-electron chi connectivity index (χ2n) is 8.39. The summed E-state index contributed by atoms with van der Waals surface area (Å²) in [4.78, 5) is 17.0. The van der Waals surface area contributed by atoms with Crippen molar-refractivity contribution in [3.05, 3.63) is 29.3 Å². The van der Waals surface area contributed by atoms with Crippen LogP contribution in [0.4, 0.5) is 0 Å². The highest BCUT2D eigenvalue weighted by Gasteiger charge is 2.50. The highest BCUT2D eigenvalue weighted by Crippen LogP contribution is 2.53. The van der Waals surface area contributed by atoms with Gasteiger partial charge in [-0.25, -0.2) is 8.42 Å². The van der Waals surface area contributed by atoms with Gasteiger partial charge in [0.1, 0.15) is 5.75 Å². The molecule has 1 saturated carbocycles. The molecule has 2 unspecified atom stereocenters. The SMILES string of the molecule is COc1ccc2c(c1)C1(CC1)CN(C(C)C(=O)N(C)C1CCS(=O)(=O)C1)C2. The Morgan fingerprint density at radius 1 is 1.37 bits per heavy atom. The molecule has 7 heteroatoms. The molecule has 2 fully saturated rings. The molecule has 3 aliphatic rings. The lowest BCUT2D eigenvalue weighted by molar-refractivity contribution is -0.137. The Hall–Kier alpha value is -1.60. The molecule has 1 aliphatic carbocycles. The van der Waals surface area contributed by atoms with E-state index in [1.54, 1.807) is 19.1 Å². The molecule has 0 radical (unpaired) electrons. The Bertz CT molecular complexity index is 863. The van der Waals surface area contributed by atoms with Crippen LogP contribution in [0.15, 0.2) is 18.2 Å². The van der Waals surface area contributed by atoms with Crippen molar-refractivity contribution in [1.82, 2.24) is 9.80 Å². The number of carbonyl (C=O) groups excluding carboxylic acids is 1. The van der Waals surface area contributed by atoms with Crippen molar-refractivity contribution >= 4 is 15.7 Å². The molecule has 1 saturated heterocycles. The van der Waals surface area contributed by atoms with Gasteiger partial charge in [-0.15, -0.1) is 0 Å². The van der Waals surface area contributed by atoms with E-state index in [0.717, 1.165) is 31.7 Å². The van der Waals surface area contributed by atoms with Crippen molar-refractivity contribution in [3.8, 4) is 5.75 Å². The standard InChI is InChI=1S/C20H28N2O4S/c1-14(19(23)21(2)16-6-9-27(24,25)12-16)22-11-15-4-5-17(26-3)10-18(15)20(13-22)7-8-20/h4-5,10,14,16H,6-9,11-13H2,1-3H3. The fraction of sp³-hybridized carbons (Fsp3) is 0.650. The minimum atomic E-state index is -3.00. The van der Waals surface area contributed by atoms with Crippen molar-refractivity contribution in [2.45, 2.75) is 50.2 Å². The summed E-state index contributed by atoms with van der Waals surface area (Å²) in [7, 11) is 0.442. The van der Waals surface area contributed by atoms with Crippen LogP contribution in [0, 0.1) is 0 Å². The third-order valence-corrected chi connectivity index (χ3v) is 8.38. The quantitative estimate of drug-likeness (QED) is 0.778. The molecule has 2 atom stereocenters. The number of fused-ring (bicyclic) bond motifs is 2. The summed E-state index contributed by atoms with van der Waals surface area (Å²) in [5.74, 6) is 1.19. The van der Waals surface area contributed by atoms with E-state index in [1.165, 1.54) is 11.1 Å². The topological polar surface area (TPSA) is 66.9 Å². The number of ether oxygens (including phenoxy) is 1. The van der Waals surface area contributed by atoms with E-state index >= 15 is 0 Å². The van der Waals surface area contributed by atoms with Crippen molar-refractivity contribution in [2.75, 3.05) is 32.2 Å². The van der Waals surface area contributed by atoms with Gasteiger partial charge < -0.3 is 9.64 Å². The van der Waals surface area contributed by atoms with Gasteiger partial charge in [0.25, 0.3) is 0 Å². The van der Waals surface area contributed by atoms with E-state index in [4.69, 9.17) is 4.74 Å². The van der Waals surface area contributed by atoms with Gasteiger partial charge in [0, 0.05) is 31.6 Å². The Morgan fingerprint density at radius 2 is 2.11 bits per heavy atom. The van der Waals surface area contributed by atoms with Crippen LogP contribution in [0.5, 0.6) is 5.75 Å². The predicted octanol–water partition coefficient (Wildman–Crippen LogP) is 1.58. The van der Waals surface area contributed by atoms with Crippen molar-refractivity contribution in [1.29, 1.82) is 0 Å². The molecule has 1 amide bonds. The van der Waals surface area contributed by atoms with Crippen molar-refractivity contribution in [2.24, 2.45) is 0 Å².